The summed E-state index contributed by atoms with van der Waals surface area (Å²) in [5.74, 6) is 0.596. The van der Waals surface area contributed by atoms with E-state index in [4.69, 9.17) is 0 Å². The molecular formula is C18H20N4OS. The van der Waals surface area contributed by atoms with Crippen LogP contribution in [0, 0.1) is 0 Å². The number of aryl methyl sites for hydroxylation is 1. The first-order valence-corrected chi connectivity index (χ1v) is 9.35. The van der Waals surface area contributed by atoms with Crippen LogP contribution in [0.2, 0.25) is 0 Å². The lowest BCUT2D eigenvalue weighted by Crippen LogP contribution is -2.39. The molecule has 2 aromatic heterocycles. The Morgan fingerprint density at radius 3 is 2.75 bits per heavy atom. The zero-order valence-electron chi connectivity index (χ0n) is 14.3. The summed E-state index contributed by atoms with van der Waals surface area (Å²) in [6.07, 6.45) is 3.71. The largest absolute Gasteiger partial charge is 0.312 e. The standard InChI is InChI=1S/C18H20N4OS/c1-5-18(2)10-11-8-6-7-9-12(11)14-13(18)15(23)22-16(21(14)3)19-20-17(22)24-4/h6-9H,5,10H2,1-4H3/t18-/m1/s1. The molecule has 0 saturated carbocycles. The summed E-state index contributed by atoms with van der Waals surface area (Å²) >= 11 is 1.45. The summed E-state index contributed by atoms with van der Waals surface area (Å²) in [5.41, 5.74) is 4.12. The van der Waals surface area contributed by atoms with E-state index in [2.05, 4.69) is 42.2 Å². The fraction of sp³-hybridized carbons (Fsp3) is 0.389. The van der Waals surface area contributed by atoms with Crippen molar-refractivity contribution in [3.63, 3.8) is 0 Å². The van der Waals surface area contributed by atoms with E-state index in [1.807, 2.05) is 23.9 Å². The molecule has 1 aliphatic carbocycles. The number of rotatable bonds is 2. The van der Waals surface area contributed by atoms with E-state index in [1.54, 1.807) is 4.40 Å². The van der Waals surface area contributed by atoms with E-state index in [0.717, 1.165) is 29.7 Å². The van der Waals surface area contributed by atoms with E-state index in [1.165, 1.54) is 17.3 Å². The van der Waals surface area contributed by atoms with Crippen LogP contribution < -0.4 is 5.56 Å². The Labute approximate surface area is 144 Å². The van der Waals surface area contributed by atoms with Crippen LogP contribution in [0.15, 0.2) is 34.2 Å². The Morgan fingerprint density at radius 2 is 2.04 bits per heavy atom. The molecule has 0 aliphatic heterocycles. The molecule has 0 unspecified atom stereocenters. The maximum Gasteiger partial charge on any atom is 0.265 e. The maximum absolute atomic E-state index is 13.4. The van der Waals surface area contributed by atoms with Crippen molar-refractivity contribution in [3.05, 3.63) is 45.7 Å². The topological polar surface area (TPSA) is 52.2 Å². The van der Waals surface area contributed by atoms with Crippen molar-refractivity contribution in [2.24, 2.45) is 7.05 Å². The van der Waals surface area contributed by atoms with Gasteiger partial charge in [-0.15, -0.1) is 10.2 Å². The van der Waals surface area contributed by atoms with E-state index >= 15 is 0 Å². The highest BCUT2D eigenvalue weighted by Gasteiger charge is 2.38. The van der Waals surface area contributed by atoms with Gasteiger partial charge < -0.3 is 4.57 Å². The minimum absolute atomic E-state index is 0.0197. The van der Waals surface area contributed by atoms with Crippen molar-refractivity contribution in [2.45, 2.75) is 37.3 Å². The van der Waals surface area contributed by atoms with Crippen LogP contribution in [0.1, 0.15) is 31.4 Å². The fourth-order valence-electron chi connectivity index (χ4n) is 3.85. The van der Waals surface area contributed by atoms with E-state index in [9.17, 15) is 4.79 Å². The molecule has 0 saturated heterocycles. The summed E-state index contributed by atoms with van der Waals surface area (Å²) in [7, 11) is 1.98. The third-order valence-corrected chi connectivity index (χ3v) is 5.95. The van der Waals surface area contributed by atoms with Crippen molar-refractivity contribution in [3.8, 4) is 11.3 Å². The molecule has 0 amide bonds. The number of thioether (sulfide) groups is 1. The molecule has 0 spiro atoms. The quantitative estimate of drug-likeness (QED) is 0.673. The van der Waals surface area contributed by atoms with Crippen molar-refractivity contribution >= 4 is 17.5 Å². The highest BCUT2D eigenvalue weighted by Crippen LogP contribution is 2.43. The Kier molecular flexibility index (Phi) is 3.35. The second-order valence-corrected chi connectivity index (χ2v) is 7.43. The van der Waals surface area contributed by atoms with Gasteiger partial charge >= 0.3 is 0 Å². The molecule has 6 heteroatoms. The Balaban J connectivity index is 2.23. The molecule has 5 nitrogen and oxygen atoms in total. The normalized spacial score (nSPS) is 19.3. The first-order valence-electron chi connectivity index (χ1n) is 8.12. The van der Waals surface area contributed by atoms with Gasteiger partial charge in [0.05, 0.1) is 5.69 Å². The average molecular weight is 340 g/mol. The molecule has 1 aliphatic rings. The summed E-state index contributed by atoms with van der Waals surface area (Å²) < 4.78 is 3.68. The van der Waals surface area contributed by atoms with Gasteiger partial charge in [0.1, 0.15) is 0 Å². The molecule has 0 bridgehead atoms. The summed E-state index contributed by atoms with van der Waals surface area (Å²) in [5, 5.41) is 9.10. The minimum atomic E-state index is -0.188. The SMILES string of the molecule is CC[C@]1(C)Cc2ccccc2-c2c1c(=O)n1c(SC)nnc1n2C. The molecule has 4 rings (SSSR count). The molecule has 124 valence electrons. The van der Waals surface area contributed by atoms with Crippen LogP contribution >= 0.6 is 11.8 Å². The highest BCUT2D eigenvalue weighted by molar-refractivity contribution is 7.98. The van der Waals surface area contributed by atoms with Crippen LogP contribution in [-0.2, 0) is 18.9 Å². The summed E-state index contributed by atoms with van der Waals surface area (Å²) in [6, 6.07) is 8.37. The predicted molar refractivity (Wildman–Crippen MR) is 96.8 cm³/mol. The smallest absolute Gasteiger partial charge is 0.265 e. The third kappa shape index (κ3) is 1.86. The van der Waals surface area contributed by atoms with E-state index in [-0.39, 0.29) is 11.0 Å². The van der Waals surface area contributed by atoms with Gasteiger partial charge in [-0.05, 0) is 24.7 Å². The molecule has 0 radical (unpaired) electrons. The molecule has 2 heterocycles. The summed E-state index contributed by atoms with van der Waals surface area (Å²) in [4.78, 5) is 13.4. The lowest BCUT2D eigenvalue weighted by molar-refractivity contribution is 0.436. The second-order valence-electron chi connectivity index (χ2n) is 6.66. The fourth-order valence-corrected chi connectivity index (χ4v) is 4.32. The van der Waals surface area contributed by atoms with Gasteiger partial charge in [-0.25, -0.2) is 4.40 Å². The molecule has 3 aromatic rings. The number of fused-ring (bicyclic) bond motifs is 4. The number of aromatic nitrogens is 4. The van der Waals surface area contributed by atoms with Crippen LogP contribution in [0.4, 0.5) is 0 Å². The highest BCUT2D eigenvalue weighted by atomic mass is 32.2. The Hall–Kier alpha value is -2.08. The van der Waals surface area contributed by atoms with Gasteiger partial charge in [0.2, 0.25) is 5.78 Å². The maximum atomic E-state index is 13.4. The first-order chi connectivity index (χ1) is 11.5. The van der Waals surface area contributed by atoms with Crippen LogP contribution in [0.25, 0.3) is 17.0 Å². The molecule has 0 fully saturated rings. The van der Waals surface area contributed by atoms with Gasteiger partial charge in [0.25, 0.3) is 5.56 Å². The monoisotopic (exact) mass is 340 g/mol. The molecular weight excluding hydrogens is 320 g/mol. The molecule has 1 atom stereocenters. The zero-order chi connectivity index (χ0) is 17.1. The molecule has 24 heavy (non-hydrogen) atoms. The lowest BCUT2D eigenvalue weighted by Gasteiger charge is -2.36. The number of hydrogen-bond acceptors (Lipinski definition) is 4. The molecule has 0 N–H and O–H groups in total. The van der Waals surface area contributed by atoms with Gasteiger partial charge in [-0.2, -0.15) is 0 Å². The second kappa shape index (κ2) is 5.21. The van der Waals surface area contributed by atoms with Crippen LogP contribution in [0.5, 0.6) is 0 Å². The first kappa shape index (κ1) is 15.4. The average Bonchev–Trinajstić information content (AvgIpc) is 3.03. The minimum Gasteiger partial charge on any atom is -0.312 e. The number of hydrogen-bond donors (Lipinski definition) is 0. The van der Waals surface area contributed by atoms with Crippen molar-refractivity contribution in [2.75, 3.05) is 6.26 Å². The van der Waals surface area contributed by atoms with Crippen molar-refractivity contribution < 1.29 is 0 Å². The lowest BCUT2D eigenvalue weighted by atomic mass is 9.69. The van der Waals surface area contributed by atoms with E-state index in [0.29, 0.717) is 10.9 Å². The van der Waals surface area contributed by atoms with Gasteiger partial charge in [-0.1, -0.05) is 49.9 Å². The van der Waals surface area contributed by atoms with Crippen molar-refractivity contribution in [1.82, 2.24) is 19.2 Å². The van der Waals surface area contributed by atoms with E-state index < -0.39 is 0 Å². The predicted octanol–water partition coefficient (Wildman–Crippen LogP) is 3.04. The van der Waals surface area contributed by atoms with Gasteiger partial charge in [0.15, 0.2) is 5.16 Å². The summed E-state index contributed by atoms with van der Waals surface area (Å²) in [6.45, 7) is 4.35. The van der Waals surface area contributed by atoms with Crippen molar-refractivity contribution in [1.29, 1.82) is 0 Å². The number of nitrogens with zero attached hydrogens (tertiary/aromatic N) is 4. The molecule has 1 aromatic carbocycles. The van der Waals surface area contributed by atoms with Crippen LogP contribution in [0.3, 0.4) is 0 Å². The Bertz CT molecular complexity index is 1020. The zero-order valence-corrected chi connectivity index (χ0v) is 15.1. The van der Waals surface area contributed by atoms with Gasteiger partial charge in [0, 0.05) is 23.6 Å². The third-order valence-electron chi connectivity index (χ3n) is 5.33. The van der Waals surface area contributed by atoms with Crippen LogP contribution in [-0.4, -0.2) is 25.4 Å². The van der Waals surface area contributed by atoms with Gasteiger partial charge in [-0.3, -0.25) is 4.79 Å². The number of benzene rings is 1. The Morgan fingerprint density at radius 1 is 1.29 bits per heavy atom.